The lowest BCUT2D eigenvalue weighted by Crippen LogP contribution is -2.25. The third-order valence-electron chi connectivity index (χ3n) is 10.6. The second-order valence-electron chi connectivity index (χ2n) is 14.7. The summed E-state index contributed by atoms with van der Waals surface area (Å²) in [6.45, 7) is 4.57. The van der Waals surface area contributed by atoms with Crippen LogP contribution in [0, 0.1) is 30.4 Å². The van der Waals surface area contributed by atoms with Crippen LogP contribution in [0.4, 0.5) is 17.6 Å². The lowest BCUT2D eigenvalue weighted by Gasteiger charge is -2.32. The monoisotopic (exact) mass is 1040 g/mol. The molecular weight excluding hydrogens is 998 g/mol. The minimum absolute atomic E-state index is 0.100. The number of phenolic OH excluding ortho intramolecular Hbond substituents is 1. The summed E-state index contributed by atoms with van der Waals surface area (Å²) in [6.07, 6.45) is 1.68. The van der Waals surface area contributed by atoms with Crippen molar-refractivity contribution in [2.45, 2.75) is 51.6 Å². The molecule has 1 N–H and O–H groups in total. The number of allylic oxidation sites excluding steroid dienone is 2. The quantitative estimate of drug-likeness (QED) is 0.133. The predicted octanol–water partition coefficient (Wildman–Crippen LogP) is 13.9. The average Bonchev–Trinajstić information content (AvgIpc) is 3.21. The van der Waals surface area contributed by atoms with Crippen LogP contribution in [0.25, 0.3) is 22.3 Å². The van der Waals surface area contributed by atoms with E-state index in [2.05, 4.69) is 45.2 Å². The second kappa shape index (κ2) is 18.0. The summed E-state index contributed by atoms with van der Waals surface area (Å²) in [7, 11) is 0. The lowest BCUT2D eigenvalue weighted by molar-refractivity contribution is -0.105. The molecule has 3 aliphatic heterocycles. The Labute approximate surface area is 373 Å². The smallest absolute Gasteiger partial charge is 0.199 e. The molecule has 6 aromatic carbocycles. The van der Waals surface area contributed by atoms with Crippen LogP contribution in [0.1, 0.15) is 78.7 Å². The van der Waals surface area contributed by atoms with Gasteiger partial charge in [-0.3, -0.25) is 0 Å². The number of rotatable bonds is 6. The van der Waals surface area contributed by atoms with Gasteiger partial charge in [0.05, 0.1) is 6.61 Å². The first-order valence-corrected chi connectivity index (χ1v) is 21.5. The van der Waals surface area contributed by atoms with Crippen LogP contribution >= 0.6 is 45.2 Å². The van der Waals surface area contributed by atoms with Gasteiger partial charge in [-0.2, -0.15) is 0 Å². The first-order valence-electron chi connectivity index (χ1n) is 19.3. The SMILES string of the molecule is CC1=C(c2cc(F)cc(F)c2)C(c2ccc(I)cc2)Oc2cc(O)ccc21.CC1=C(c2cc(F)cc(F)c2)C(c2ccc(I)cc2)Oc2cc(OC3CCCCO3)ccc21. The van der Waals surface area contributed by atoms with E-state index in [0.29, 0.717) is 40.6 Å². The zero-order chi connectivity index (χ0) is 42.1. The lowest BCUT2D eigenvalue weighted by atomic mass is 9.86. The van der Waals surface area contributed by atoms with Gasteiger partial charge in [0.2, 0.25) is 0 Å². The Morgan fingerprint density at radius 3 is 1.50 bits per heavy atom. The molecule has 3 aliphatic rings. The molecule has 11 heteroatoms. The minimum atomic E-state index is -0.636. The summed E-state index contributed by atoms with van der Waals surface area (Å²) in [5, 5.41) is 9.83. The second-order valence-corrected chi connectivity index (χ2v) is 17.2. The van der Waals surface area contributed by atoms with Gasteiger partial charge in [-0.05, 0) is 178 Å². The molecule has 9 rings (SSSR count). The van der Waals surface area contributed by atoms with Crippen molar-refractivity contribution in [3.8, 4) is 23.0 Å². The van der Waals surface area contributed by atoms with Crippen molar-refractivity contribution >= 4 is 67.5 Å². The van der Waals surface area contributed by atoms with Crippen molar-refractivity contribution in [3.63, 3.8) is 0 Å². The zero-order valence-electron chi connectivity index (χ0n) is 32.5. The van der Waals surface area contributed by atoms with E-state index in [0.717, 1.165) is 77.5 Å². The standard InChI is InChI=1S/C27H23F2IO3.C22H15F2IO2/c1-16-23-10-9-22(32-25-4-2-3-11-31-25)15-24(23)33-27(17-5-7-21(30)8-6-17)26(16)18-12-19(28)14-20(29)13-18;1-12-19-7-6-18(26)11-20(19)27-22(13-2-4-17(25)5-3-13)21(12)14-8-15(23)10-16(24)9-14/h5-10,12-15,25,27H,2-4,11H2,1H3;2-11,22,26H,1H3. The van der Waals surface area contributed by atoms with Gasteiger partial charge >= 0.3 is 0 Å². The average molecular weight is 1040 g/mol. The molecule has 3 unspecified atom stereocenters. The molecule has 3 atom stereocenters. The fraction of sp³-hybridized carbons (Fsp3) is 0.184. The number of hydrogen-bond acceptors (Lipinski definition) is 5. The van der Waals surface area contributed by atoms with Crippen molar-refractivity contribution in [1.29, 1.82) is 0 Å². The zero-order valence-corrected chi connectivity index (χ0v) is 36.8. The van der Waals surface area contributed by atoms with Crippen molar-refractivity contribution in [3.05, 3.63) is 185 Å². The van der Waals surface area contributed by atoms with E-state index in [1.807, 2.05) is 80.6 Å². The highest BCUT2D eigenvalue weighted by Crippen LogP contribution is 2.49. The molecule has 1 saturated heterocycles. The summed E-state index contributed by atoms with van der Waals surface area (Å²) >= 11 is 4.46. The number of fused-ring (bicyclic) bond motifs is 2. The Morgan fingerprint density at radius 1 is 0.567 bits per heavy atom. The summed E-state index contributed by atoms with van der Waals surface area (Å²) in [6, 6.07) is 33.4. The van der Waals surface area contributed by atoms with Gasteiger partial charge in [-0.25, -0.2) is 17.6 Å². The first-order chi connectivity index (χ1) is 28.9. The van der Waals surface area contributed by atoms with E-state index in [-0.39, 0.29) is 12.0 Å². The predicted molar refractivity (Wildman–Crippen MR) is 242 cm³/mol. The number of hydrogen-bond donors (Lipinski definition) is 1. The molecule has 0 saturated carbocycles. The van der Waals surface area contributed by atoms with Gasteiger partial charge in [0.1, 0.15) is 58.5 Å². The maximum Gasteiger partial charge on any atom is 0.199 e. The number of halogens is 6. The molecule has 60 heavy (non-hydrogen) atoms. The summed E-state index contributed by atoms with van der Waals surface area (Å²) in [5.74, 6) is -0.520. The van der Waals surface area contributed by atoms with Gasteiger partial charge in [0.15, 0.2) is 6.29 Å². The molecule has 0 aliphatic carbocycles. The van der Waals surface area contributed by atoms with Gasteiger partial charge in [0, 0.05) is 60.1 Å². The number of ether oxygens (including phenoxy) is 4. The van der Waals surface area contributed by atoms with Gasteiger partial charge in [0.25, 0.3) is 0 Å². The Balaban J connectivity index is 0.000000170. The van der Waals surface area contributed by atoms with Crippen molar-refractivity contribution in [1.82, 2.24) is 0 Å². The van der Waals surface area contributed by atoms with E-state index in [9.17, 15) is 22.7 Å². The van der Waals surface area contributed by atoms with Crippen LogP contribution in [0.3, 0.4) is 0 Å². The van der Waals surface area contributed by atoms with E-state index < -0.39 is 35.5 Å². The fourth-order valence-electron chi connectivity index (χ4n) is 7.81. The molecular formula is C49H38F4I2O5. The van der Waals surface area contributed by atoms with Crippen molar-refractivity contribution < 1.29 is 41.6 Å². The van der Waals surface area contributed by atoms with Crippen LogP contribution in [-0.4, -0.2) is 18.0 Å². The fourth-order valence-corrected chi connectivity index (χ4v) is 8.53. The first kappa shape index (κ1) is 41.9. The maximum atomic E-state index is 14.1. The van der Waals surface area contributed by atoms with Crippen LogP contribution in [0.15, 0.2) is 121 Å². The molecule has 0 bridgehead atoms. The molecule has 0 amide bonds. The van der Waals surface area contributed by atoms with Crippen LogP contribution in [0.5, 0.6) is 23.0 Å². The third-order valence-corrected chi connectivity index (χ3v) is 12.1. The highest BCUT2D eigenvalue weighted by Gasteiger charge is 2.32. The van der Waals surface area contributed by atoms with Crippen molar-refractivity contribution in [2.24, 2.45) is 0 Å². The van der Waals surface area contributed by atoms with Gasteiger partial charge in [-0.1, -0.05) is 24.3 Å². The number of benzene rings is 6. The highest BCUT2D eigenvalue weighted by atomic mass is 127. The number of phenols is 1. The topological polar surface area (TPSA) is 57.2 Å². The van der Waals surface area contributed by atoms with Crippen LogP contribution in [-0.2, 0) is 4.74 Å². The molecule has 1 fully saturated rings. The summed E-state index contributed by atoms with van der Waals surface area (Å²) < 4.78 is 82.6. The molecule has 5 nitrogen and oxygen atoms in total. The van der Waals surface area contributed by atoms with E-state index in [1.54, 1.807) is 18.2 Å². The molecule has 0 radical (unpaired) electrons. The van der Waals surface area contributed by atoms with Gasteiger partial charge < -0.3 is 24.1 Å². The van der Waals surface area contributed by atoms with Crippen LogP contribution in [0.2, 0.25) is 0 Å². The minimum Gasteiger partial charge on any atom is -0.508 e. The van der Waals surface area contributed by atoms with E-state index >= 15 is 0 Å². The van der Waals surface area contributed by atoms with Crippen LogP contribution < -0.4 is 14.2 Å². The Morgan fingerprint density at radius 2 is 1.03 bits per heavy atom. The molecule has 3 heterocycles. The Hall–Kier alpha value is -4.86. The largest absolute Gasteiger partial charge is 0.508 e. The van der Waals surface area contributed by atoms with Gasteiger partial charge in [-0.15, -0.1) is 0 Å². The summed E-state index contributed by atoms with van der Waals surface area (Å²) in [4.78, 5) is 0. The summed E-state index contributed by atoms with van der Waals surface area (Å²) in [5.41, 5.74) is 7.53. The number of aromatic hydroxyl groups is 1. The van der Waals surface area contributed by atoms with Crippen molar-refractivity contribution in [2.75, 3.05) is 6.61 Å². The normalized spacial score (nSPS) is 18.4. The van der Waals surface area contributed by atoms with E-state index in [1.165, 1.54) is 24.3 Å². The Bertz CT molecular complexity index is 2580. The Kier molecular flexibility index (Phi) is 12.6. The molecule has 306 valence electrons. The molecule has 0 aromatic heterocycles. The highest BCUT2D eigenvalue weighted by molar-refractivity contribution is 14.1. The van der Waals surface area contributed by atoms with E-state index in [4.69, 9.17) is 18.9 Å². The molecule has 0 spiro atoms. The maximum absolute atomic E-state index is 14.1. The molecule has 6 aromatic rings. The third kappa shape index (κ3) is 9.23.